The van der Waals surface area contributed by atoms with Crippen LogP contribution in [-0.4, -0.2) is 34.1 Å². The van der Waals surface area contributed by atoms with Crippen LogP contribution in [0.4, 0.5) is 0 Å². The highest BCUT2D eigenvalue weighted by molar-refractivity contribution is 5.75. The highest BCUT2D eigenvalue weighted by Crippen LogP contribution is 2.52. The monoisotopic (exact) mass is 333 g/mol. The van der Waals surface area contributed by atoms with Crippen LogP contribution in [0, 0.1) is 17.8 Å². The predicted molar refractivity (Wildman–Crippen MR) is 98.4 cm³/mol. The number of aromatic nitrogens is 2. The van der Waals surface area contributed by atoms with Crippen LogP contribution in [0.1, 0.15) is 5.82 Å². The van der Waals surface area contributed by atoms with Gasteiger partial charge in [-0.2, -0.15) is 0 Å². The van der Waals surface area contributed by atoms with Gasteiger partial charge in [0, 0.05) is 26.1 Å². The number of fused-ring (bicyclic) bond motifs is 2. The predicted octanol–water partition coefficient (Wildman–Crippen LogP) is 3.33. The summed E-state index contributed by atoms with van der Waals surface area (Å²) in [5, 5.41) is 0. The second kappa shape index (κ2) is 5.88. The van der Waals surface area contributed by atoms with E-state index in [4.69, 9.17) is 9.72 Å². The molecule has 2 aliphatic rings. The van der Waals surface area contributed by atoms with Crippen LogP contribution in [-0.2, 0) is 13.6 Å². The lowest BCUT2D eigenvalue weighted by molar-refractivity contribution is 0.226. The summed E-state index contributed by atoms with van der Waals surface area (Å²) in [5.74, 6) is 4.50. The first kappa shape index (κ1) is 15.0. The number of rotatable bonds is 5. The van der Waals surface area contributed by atoms with Crippen LogP contribution in [0.3, 0.4) is 0 Å². The molecule has 1 saturated carbocycles. The molecule has 1 aromatic heterocycles. The molecule has 4 nitrogen and oxygen atoms in total. The fourth-order valence-corrected chi connectivity index (χ4v) is 4.36. The van der Waals surface area contributed by atoms with Gasteiger partial charge in [0.05, 0.1) is 24.2 Å². The molecule has 0 amide bonds. The first-order chi connectivity index (χ1) is 12.3. The van der Waals surface area contributed by atoms with E-state index in [1.165, 1.54) is 24.4 Å². The molecule has 128 valence electrons. The summed E-state index contributed by atoms with van der Waals surface area (Å²) >= 11 is 0. The van der Waals surface area contributed by atoms with E-state index < -0.39 is 0 Å². The second-order valence-electron chi connectivity index (χ2n) is 7.39. The lowest BCUT2D eigenvalue weighted by atomic mass is 10.2. The Labute approximate surface area is 148 Å². The quantitative estimate of drug-likeness (QED) is 0.717. The zero-order valence-corrected chi connectivity index (χ0v) is 14.5. The van der Waals surface area contributed by atoms with E-state index in [2.05, 4.69) is 40.8 Å². The number of hydrogen-bond donors (Lipinski definition) is 0. The van der Waals surface area contributed by atoms with E-state index in [1.807, 2.05) is 30.3 Å². The molecule has 5 rings (SSSR count). The molecule has 0 bridgehead atoms. The number of piperidine rings is 1. The maximum atomic E-state index is 5.94. The van der Waals surface area contributed by atoms with Crippen molar-refractivity contribution in [1.82, 2.24) is 14.5 Å². The summed E-state index contributed by atoms with van der Waals surface area (Å²) < 4.78 is 8.18. The minimum atomic E-state index is 0.733. The van der Waals surface area contributed by atoms with Gasteiger partial charge in [-0.25, -0.2) is 4.98 Å². The third kappa shape index (κ3) is 2.71. The molecule has 3 aromatic rings. The van der Waals surface area contributed by atoms with Crippen LogP contribution in [0.2, 0.25) is 0 Å². The Bertz CT molecular complexity index is 877. The Morgan fingerprint density at radius 1 is 1.00 bits per heavy atom. The zero-order valence-electron chi connectivity index (χ0n) is 14.5. The highest BCUT2D eigenvalue weighted by atomic mass is 16.5. The van der Waals surface area contributed by atoms with Crippen molar-refractivity contribution >= 4 is 11.0 Å². The van der Waals surface area contributed by atoms with Crippen molar-refractivity contribution in [2.75, 3.05) is 19.7 Å². The minimum Gasteiger partial charge on any atom is -0.493 e. The van der Waals surface area contributed by atoms with E-state index in [0.717, 1.165) is 42.2 Å². The van der Waals surface area contributed by atoms with Crippen molar-refractivity contribution < 1.29 is 4.74 Å². The Hall–Kier alpha value is -2.33. The molecule has 0 spiro atoms. The average Bonchev–Trinajstić information content (AvgIpc) is 2.97. The normalized spacial score (nSPS) is 25.2. The Kier molecular flexibility index (Phi) is 3.52. The number of ether oxygens (including phenoxy) is 1. The molecular weight excluding hydrogens is 310 g/mol. The largest absolute Gasteiger partial charge is 0.493 e. The standard InChI is InChI=1S/C21H23N3O/c1-23-20-10-6-5-9-19(20)22-21(23)13-24-11-16-17(12-24)18(16)14-25-15-7-3-2-4-8-15/h2-10,16-18H,11-14H2,1H3/t16-,17+,18?. The van der Waals surface area contributed by atoms with Crippen LogP contribution in [0.25, 0.3) is 11.0 Å². The van der Waals surface area contributed by atoms with Gasteiger partial charge in [-0.15, -0.1) is 0 Å². The Balaban J connectivity index is 1.18. The van der Waals surface area contributed by atoms with Crippen molar-refractivity contribution in [1.29, 1.82) is 0 Å². The number of nitrogens with zero attached hydrogens (tertiary/aromatic N) is 3. The topological polar surface area (TPSA) is 30.3 Å². The summed E-state index contributed by atoms with van der Waals surface area (Å²) in [6.07, 6.45) is 0. The lowest BCUT2D eigenvalue weighted by Crippen LogP contribution is -2.26. The molecule has 0 N–H and O–H groups in total. The smallest absolute Gasteiger partial charge is 0.123 e. The van der Waals surface area contributed by atoms with Crippen LogP contribution in [0.15, 0.2) is 54.6 Å². The second-order valence-corrected chi connectivity index (χ2v) is 7.39. The van der Waals surface area contributed by atoms with Gasteiger partial charge in [0.1, 0.15) is 11.6 Å². The molecular formula is C21H23N3O. The summed E-state index contributed by atoms with van der Waals surface area (Å²) in [7, 11) is 2.12. The number of hydrogen-bond acceptors (Lipinski definition) is 3. The van der Waals surface area contributed by atoms with Crippen LogP contribution in [0.5, 0.6) is 5.75 Å². The summed E-state index contributed by atoms with van der Waals surface area (Å²) in [6, 6.07) is 18.5. The molecule has 3 atom stereocenters. The highest BCUT2D eigenvalue weighted by Gasteiger charge is 2.55. The van der Waals surface area contributed by atoms with Crippen LogP contribution < -0.4 is 4.74 Å². The minimum absolute atomic E-state index is 0.733. The van der Waals surface area contributed by atoms with E-state index in [9.17, 15) is 0 Å². The van der Waals surface area contributed by atoms with Gasteiger partial charge < -0.3 is 9.30 Å². The SMILES string of the molecule is Cn1c(CN2C[C@@H]3C(COc4ccccc4)[C@@H]3C2)nc2ccccc21. The maximum absolute atomic E-state index is 5.94. The third-order valence-electron chi connectivity index (χ3n) is 5.88. The van der Waals surface area contributed by atoms with Gasteiger partial charge in [-0.3, -0.25) is 4.90 Å². The first-order valence-corrected chi connectivity index (χ1v) is 9.10. The van der Waals surface area contributed by atoms with Crippen molar-refractivity contribution in [3.05, 3.63) is 60.4 Å². The molecule has 2 fully saturated rings. The van der Waals surface area contributed by atoms with Gasteiger partial charge in [-0.05, 0) is 36.1 Å². The number of likely N-dealkylation sites (tertiary alicyclic amines) is 1. The Morgan fingerprint density at radius 3 is 2.48 bits per heavy atom. The maximum Gasteiger partial charge on any atom is 0.123 e. The van der Waals surface area contributed by atoms with Crippen LogP contribution >= 0.6 is 0 Å². The Morgan fingerprint density at radius 2 is 1.72 bits per heavy atom. The van der Waals surface area contributed by atoms with Gasteiger partial charge in [0.2, 0.25) is 0 Å². The molecule has 2 aromatic carbocycles. The van der Waals surface area contributed by atoms with E-state index >= 15 is 0 Å². The van der Waals surface area contributed by atoms with E-state index in [1.54, 1.807) is 0 Å². The average molecular weight is 333 g/mol. The summed E-state index contributed by atoms with van der Waals surface area (Å²) in [5.41, 5.74) is 2.31. The fourth-order valence-electron chi connectivity index (χ4n) is 4.36. The molecule has 25 heavy (non-hydrogen) atoms. The molecule has 1 aliphatic heterocycles. The van der Waals surface area contributed by atoms with Crippen molar-refractivity contribution in [2.24, 2.45) is 24.8 Å². The molecule has 1 saturated heterocycles. The van der Waals surface area contributed by atoms with Gasteiger partial charge in [-0.1, -0.05) is 30.3 Å². The molecule has 1 aliphatic carbocycles. The van der Waals surface area contributed by atoms with Gasteiger partial charge >= 0.3 is 0 Å². The number of aryl methyl sites for hydroxylation is 1. The summed E-state index contributed by atoms with van der Waals surface area (Å²) in [4.78, 5) is 7.36. The molecule has 0 radical (unpaired) electrons. The van der Waals surface area contributed by atoms with E-state index in [0.29, 0.717) is 0 Å². The van der Waals surface area contributed by atoms with Gasteiger partial charge in [0.25, 0.3) is 0 Å². The number of imidazole rings is 1. The number of benzene rings is 2. The number of para-hydroxylation sites is 3. The molecule has 1 unspecified atom stereocenters. The fraction of sp³-hybridized carbons (Fsp3) is 0.381. The lowest BCUT2D eigenvalue weighted by Gasteiger charge is -2.19. The zero-order chi connectivity index (χ0) is 16.8. The van der Waals surface area contributed by atoms with Gasteiger partial charge in [0.15, 0.2) is 0 Å². The summed E-state index contributed by atoms with van der Waals surface area (Å²) in [6.45, 7) is 4.16. The first-order valence-electron chi connectivity index (χ1n) is 9.10. The van der Waals surface area contributed by atoms with Crippen molar-refractivity contribution in [3.63, 3.8) is 0 Å². The van der Waals surface area contributed by atoms with E-state index in [-0.39, 0.29) is 0 Å². The molecule has 4 heteroatoms. The van der Waals surface area contributed by atoms with Crippen molar-refractivity contribution in [2.45, 2.75) is 6.54 Å². The molecule has 2 heterocycles. The third-order valence-corrected chi connectivity index (χ3v) is 5.88. The van der Waals surface area contributed by atoms with Crippen molar-refractivity contribution in [3.8, 4) is 5.75 Å².